The number of nitrogens with one attached hydrogen (secondary N) is 1. The fraction of sp³-hybridized carbons (Fsp3) is 0.367. The molecule has 0 bridgehead atoms. The molecule has 5 rings (SSSR count). The molecule has 2 atom stereocenters. The minimum Gasteiger partial charge on any atom is -0.491 e. The first-order valence-corrected chi connectivity index (χ1v) is 12.9. The van der Waals surface area contributed by atoms with Crippen LogP contribution in [0.15, 0.2) is 72.8 Å². The van der Waals surface area contributed by atoms with Crippen molar-refractivity contribution >= 4 is 11.7 Å². The van der Waals surface area contributed by atoms with Crippen LogP contribution in [0.5, 0.6) is 5.75 Å². The number of carboxylic acids is 1. The van der Waals surface area contributed by atoms with E-state index in [1.807, 2.05) is 6.07 Å². The zero-order chi connectivity index (χ0) is 24.9. The van der Waals surface area contributed by atoms with Gasteiger partial charge in [0.25, 0.3) is 0 Å². The molecule has 0 aromatic heterocycles. The number of hydrogen-bond acceptors (Lipinski definition) is 5. The second-order valence-corrected chi connectivity index (χ2v) is 9.91. The van der Waals surface area contributed by atoms with Crippen LogP contribution in [0.1, 0.15) is 29.2 Å². The van der Waals surface area contributed by atoms with Crippen LogP contribution in [-0.4, -0.2) is 54.3 Å². The maximum atomic E-state index is 11.6. The Hall–Kier alpha value is -3.35. The van der Waals surface area contributed by atoms with Gasteiger partial charge in [0.2, 0.25) is 0 Å². The van der Waals surface area contributed by atoms with E-state index in [0.29, 0.717) is 12.6 Å². The van der Waals surface area contributed by atoms with Crippen molar-refractivity contribution in [3.8, 4) is 5.75 Å². The van der Waals surface area contributed by atoms with Gasteiger partial charge in [0.15, 0.2) is 0 Å². The number of carbonyl (C=O) groups is 1. The van der Waals surface area contributed by atoms with Gasteiger partial charge in [-0.3, -0.25) is 9.69 Å². The molecule has 2 N–H and O–H groups in total. The van der Waals surface area contributed by atoms with Gasteiger partial charge in [-0.15, -0.1) is 0 Å². The molecule has 0 saturated carbocycles. The molecular formula is C30H35N3O3. The first-order valence-electron chi connectivity index (χ1n) is 12.9. The van der Waals surface area contributed by atoms with Crippen molar-refractivity contribution in [1.82, 2.24) is 10.2 Å². The second-order valence-electron chi connectivity index (χ2n) is 9.91. The Labute approximate surface area is 213 Å². The van der Waals surface area contributed by atoms with E-state index in [9.17, 15) is 9.90 Å². The van der Waals surface area contributed by atoms with Crippen LogP contribution in [0.4, 0.5) is 5.69 Å². The highest BCUT2D eigenvalue weighted by Gasteiger charge is 2.32. The minimum absolute atomic E-state index is 0.0257. The Morgan fingerprint density at radius 3 is 2.31 bits per heavy atom. The lowest BCUT2D eigenvalue weighted by atomic mass is 9.93. The largest absolute Gasteiger partial charge is 0.491 e. The number of fused-ring (bicyclic) bond motifs is 1. The van der Waals surface area contributed by atoms with Crippen LogP contribution in [0.3, 0.4) is 0 Å². The van der Waals surface area contributed by atoms with Crippen molar-refractivity contribution < 1.29 is 14.6 Å². The molecule has 3 aromatic rings. The third kappa shape index (κ3) is 5.55. The molecule has 6 heteroatoms. The maximum absolute atomic E-state index is 11.6. The summed E-state index contributed by atoms with van der Waals surface area (Å²) in [5, 5.41) is 13.0. The number of anilines is 1. The third-order valence-corrected chi connectivity index (χ3v) is 7.30. The zero-order valence-electron chi connectivity index (χ0n) is 20.9. The highest BCUT2D eigenvalue weighted by molar-refractivity contribution is 5.74. The number of aliphatic carboxylic acids is 1. The molecule has 3 aromatic carbocycles. The van der Waals surface area contributed by atoms with Gasteiger partial charge in [0.05, 0.1) is 6.42 Å². The van der Waals surface area contributed by atoms with Crippen molar-refractivity contribution in [2.45, 2.75) is 44.9 Å². The molecule has 0 amide bonds. The van der Waals surface area contributed by atoms with Gasteiger partial charge in [-0.05, 0) is 30.5 Å². The van der Waals surface area contributed by atoms with Crippen molar-refractivity contribution in [2.24, 2.45) is 0 Å². The normalized spacial score (nSPS) is 19.6. The Balaban J connectivity index is 1.49. The standard InChI is InChI=1S/C30H35N3O3/c1-22-18-31-14-15-33(22)28-13-12-25(16-29(34)35)30-27(28)17-26(21-36-30)32(19-23-8-4-2-5-9-23)20-24-10-6-3-7-11-24/h2-13,22,26,31H,14-21H2,1H3,(H,34,35)/t22?,26-/m0/s1. The van der Waals surface area contributed by atoms with E-state index in [0.717, 1.165) is 56.0 Å². The van der Waals surface area contributed by atoms with Gasteiger partial charge >= 0.3 is 5.97 Å². The lowest BCUT2D eigenvalue weighted by Gasteiger charge is -2.41. The Kier molecular flexibility index (Phi) is 7.54. The molecular weight excluding hydrogens is 450 g/mol. The van der Waals surface area contributed by atoms with Crippen LogP contribution in [0.25, 0.3) is 0 Å². The summed E-state index contributed by atoms with van der Waals surface area (Å²) in [5.74, 6) is -0.0581. The van der Waals surface area contributed by atoms with E-state index in [2.05, 4.69) is 88.8 Å². The molecule has 0 spiro atoms. The van der Waals surface area contributed by atoms with Gasteiger partial charge in [0.1, 0.15) is 12.4 Å². The van der Waals surface area contributed by atoms with Crippen LogP contribution < -0.4 is 15.0 Å². The summed E-state index contributed by atoms with van der Waals surface area (Å²) in [4.78, 5) is 16.5. The van der Waals surface area contributed by atoms with E-state index in [1.165, 1.54) is 16.8 Å². The first-order chi connectivity index (χ1) is 17.6. The van der Waals surface area contributed by atoms with E-state index in [-0.39, 0.29) is 12.5 Å². The quantitative estimate of drug-likeness (QED) is 0.501. The molecule has 188 valence electrons. The van der Waals surface area contributed by atoms with Gasteiger partial charge in [0, 0.05) is 61.6 Å². The van der Waals surface area contributed by atoms with Crippen LogP contribution in [0.2, 0.25) is 0 Å². The van der Waals surface area contributed by atoms with Crippen LogP contribution in [0, 0.1) is 0 Å². The van der Waals surface area contributed by atoms with Crippen molar-refractivity contribution in [1.29, 1.82) is 0 Å². The van der Waals surface area contributed by atoms with Crippen molar-refractivity contribution in [3.05, 3.63) is 95.1 Å². The van der Waals surface area contributed by atoms with E-state index < -0.39 is 5.97 Å². The smallest absolute Gasteiger partial charge is 0.307 e. The van der Waals surface area contributed by atoms with Gasteiger partial charge in [-0.2, -0.15) is 0 Å². The van der Waals surface area contributed by atoms with E-state index >= 15 is 0 Å². The topological polar surface area (TPSA) is 65.0 Å². The summed E-state index contributed by atoms with van der Waals surface area (Å²) in [6.07, 6.45) is 0.802. The van der Waals surface area contributed by atoms with Gasteiger partial charge in [-0.25, -0.2) is 0 Å². The molecule has 2 heterocycles. The molecule has 2 aliphatic heterocycles. The molecule has 36 heavy (non-hydrogen) atoms. The van der Waals surface area contributed by atoms with E-state index in [1.54, 1.807) is 0 Å². The molecule has 2 aliphatic rings. The lowest BCUT2D eigenvalue weighted by molar-refractivity contribution is -0.136. The molecule has 1 unspecified atom stereocenters. The van der Waals surface area contributed by atoms with Crippen LogP contribution in [-0.2, 0) is 30.7 Å². The molecule has 1 saturated heterocycles. The average Bonchev–Trinajstić information content (AvgIpc) is 2.90. The Morgan fingerprint density at radius 1 is 1.03 bits per heavy atom. The predicted octanol–water partition coefficient (Wildman–Crippen LogP) is 4.12. The monoisotopic (exact) mass is 485 g/mol. The predicted molar refractivity (Wildman–Crippen MR) is 143 cm³/mol. The Morgan fingerprint density at radius 2 is 1.69 bits per heavy atom. The number of nitrogens with zero attached hydrogens (tertiary/aromatic N) is 2. The summed E-state index contributed by atoms with van der Waals surface area (Å²) >= 11 is 0. The molecule has 1 fully saturated rings. The third-order valence-electron chi connectivity index (χ3n) is 7.30. The number of piperazine rings is 1. The number of carboxylic acid groups (broad SMARTS) is 1. The molecule has 0 aliphatic carbocycles. The summed E-state index contributed by atoms with van der Waals surface area (Å²) in [6.45, 7) is 7.23. The SMILES string of the molecule is CC1CNCCN1c1ccc(CC(=O)O)c2c1C[C@H](N(Cc1ccccc1)Cc1ccccc1)CO2. The molecule has 0 radical (unpaired) electrons. The summed E-state index contributed by atoms with van der Waals surface area (Å²) in [7, 11) is 0. The fourth-order valence-electron chi connectivity index (χ4n) is 5.47. The Bertz CT molecular complexity index is 1130. The van der Waals surface area contributed by atoms with Gasteiger partial charge < -0.3 is 20.1 Å². The first kappa shape index (κ1) is 24.3. The lowest BCUT2D eigenvalue weighted by Crippen LogP contribution is -2.50. The summed E-state index contributed by atoms with van der Waals surface area (Å²) < 4.78 is 6.44. The molecule has 6 nitrogen and oxygen atoms in total. The maximum Gasteiger partial charge on any atom is 0.307 e. The number of benzene rings is 3. The minimum atomic E-state index is -0.832. The van der Waals surface area contributed by atoms with Crippen molar-refractivity contribution in [2.75, 3.05) is 31.1 Å². The van der Waals surface area contributed by atoms with Crippen molar-refractivity contribution in [3.63, 3.8) is 0 Å². The fourth-order valence-corrected chi connectivity index (χ4v) is 5.47. The highest BCUT2D eigenvalue weighted by Crippen LogP contribution is 2.39. The number of hydrogen-bond donors (Lipinski definition) is 2. The average molecular weight is 486 g/mol. The summed E-state index contributed by atoms with van der Waals surface area (Å²) in [5.41, 5.74) is 5.63. The highest BCUT2D eigenvalue weighted by atomic mass is 16.5. The number of ether oxygens (including phenoxy) is 1. The van der Waals surface area contributed by atoms with Crippen LogP contribution >= 0.6 is 0 Å². The van der Waals surface area contributed by atoms with E-state index in [4.69, 9.17) is 4.74 Å². The zero-order valence-corrected chi connectivity index (χ0v) is 20.9. The summed E-state index contributed by atoms with van der Waals surface area (Å²) in [6, 6.07) is 25.8. The number of rotatable bonds is 8. The van der Waals surface area contributed by atoms with Gasteiger partial charge in [-0.1, -0.05) is 66.7 Å². The second kappa shape index (κ2) is 11.1.